The SMILES string of the molecule is COc1ccncc1-c1cc2c(cnn2-c2cc3c(nc(N4CCCCCNCC4)n3C)c(C(C)C)n2)c(C)n1. The standard InChI is InChI=1S/C30H37N9O/c1-19(2)28-29-25(37(4)30(36-29)38-13-8-6-7-10-31-12-14-38)16-27(35-28)39-24-15-23(34-20(3)21(24)18-33-39)22-17-32-11-9-26(22)40-5/h9,11,15-19,31H,6-8,10,12-14H2,1-5H3. The topological polar surface area (TPSA) is 98.8 Å². The zero-order valence-corrected chi connectivity index (χ0v) is 24.0. The number of hydrogen-bond donors (Lipinski definition) is 1. The van der Waals surface area contributed by atoms with Gasteiger partial charge in [-0.2, -0.15) is 5.10 Å². The molecule has 0 saturated carbocycles. The molecule has 10 heteroatoms. The molecule has 208 valence electrons. The molecule has 0 spiro atoms. The smallest absolute Gasteiger partial charge is 0.206 e. The van der Waals surface area contributed by atoms with Crippen LogP contribution in [0.1, 0.15) is 50.4 Å². The number of nitrogens with one attached hydrogen (secondary N) is 1. The second-order valence-electron chi connectivity index (χ2n) is 10.8. The van der Waals surface area contributed by atoms with E-state index in [2.05, 4.69) is 46.7 Å². The molecule has 6 heterocycles. The third kappa shape index (κ3) is 4.66. The van der Waals surface area contributed by atoms with Gasteiger partial charge < -0.3 is 19.5 Å². The average molecular weight is 540 g/mol. The zero-order valence-electron chi connectivity index (χ0n) is 24.0. The molecule has 5 aromatic rings. The number of aromatic nitrogens is 7. The van der Waals surface area contributed by atoms with Crippen LogP contribution < -0.4 is 15.0 Å². The minimum absolute atomic E-state index is 0.197. The Morgan fingerprint density at radius 3 is 2.67 bits per heavy atom. The van der Waals surface area contributed by atoms with E-state index in [0.29, 0.717) is 0 Å². The lowest BCUT2D eigenvalue weighted by atomic mass is 10.1. The number of ether oxygens (including phenoxy) is 1. The Morgan fingerprint density at radius 2 is 1.85 bits per heavy atom. The normalized spacial score (nSPS) is 15.0. The number of rotatable bonds is 5. The van der Waals surface area contributed by atoms with Gasteiger partial charge in [0, 0.05) is 56.2 Å². The fourth-order valence-electron chi connectivity index (χ4n) is 5.61. The molecule has 0 aromatic carbocycles. The van der Waals surface area contributed by atoms with Crippen molar-refractivity contribution in [3.05, 3.63) is 48.2 Å². The van der Waals surface area contributed by atoms with Crippen LogP contribution in [0.25, 0.3) is 39.0 Å². The zero-order chi connectivity index (χ0) is 27.8. The van der Waals surface area contributed by atoms with Crippen LogP contribution in [0.2, 0.25) is 0 Å². The summed E-state index contributed by atoms with van der Waals surface area (Å²) in [7, 11) is 3.77. The van der Waals surface area contributed by atoms with Crippen LogP contribution in [0.3, 0.4) is 0 Å². The lowest BCUT2D eigenvalue weighted by molar-refractivity contribution is 0.416. The van der Waals surface area contributed by atoms with Crippen LogP contribution in [0.4, 0.5) is 5.95 Å². The van der Waals surface area contributed by atoms with Gasteiger partial charge in [-0.3, -0.25) is 9.97 Å². The van der Waals surface area contributed by atoms with Gasteiger partial charge >= 0.3 is 0 Å². The van der Waals surface area contributed by atoms with Crippen molar-refractivity contribution >= 4 is 27.9 Å². The number of pyridine rings is 3. The summed E-state index contributed by atoms with van der Waals surface area (Å²) in [5, 5.41) is 9.33. The second-order valence-corrected chi connectivity index (χ2v) is 10.8. The number of anilines is 1. The highest BCUT2D eigenvalue weighted by Gasteiger charge is 2.22. The highest BCUT2D eigenvalue weighted by Crippen LogP contribution is 2.33. The molecule has 1 fully saturated rings. The lowest BCUT2D eigenvalue weighted by Gasteiger charge is -2.23. The Kier molecular flexibility index (Phi) is 7.10. The maximum Gasteiger partial charge on any atom is 0.206 e. The molecule has 1 saturated heterocycles. The molecule has 0 amide bonds. The van der Waals surface area contributed by atoms with Crippen molar-refractivity contribution in [1.29, 1.82) is 0 Å². The molecule has 0 atom stereocenters. The van der Waals surface area contributed by atoms with Crippen molar-refractivity contribution in [2.45, 2.75) is 46.0 Å². The number of aryl methyl sites for hydroxylation is 2. The number of imidazole rings is 1. The monoisotopic (exact) mass is 539 g/mol. The van der Waals surface area contributed by atoms with E-state index < -0.39 is 0 Å². The number of nitrogens with zero attached hydrogens (tertiary/aromatic N) is 8. The van der Waals surface area contributed by atoms with Crippen LogP contribution in [-0.4, -0.2) is 67.6 Å². The van der Waals surface area contributed by atoms with Gasteiger partial charge in [0.05, 0.1) is 41.3 Å². The fraction of sp³-hybridized carbons (Fsp3) is 0.433. The summed E-state index contributed by atoms with van der Waals surface area (Å²) in [5.41, 5.74) is 6.43. The van der Waals surface area contributed by atoms with E-state index in [4.69, 9.17) is 24.8 Å². The minimum atomic E-state index is 0.197. The van der Waals surface area contributed by atoms with E-state index in [-0.39, 0.29) is 5.92 Å². The van der Waals surface area contributed by atoms with E-state index in [1.807, 2.05) is 29.9 Å². The molecule has 0 aliphatic carbocycles. The van der Waals surface area contributed by atoms with Gasteiger partial charge in [-0.25, -0.2) is 14.6 Å². The Hall–Kier alpha value is -4.05. The van der Waals surface area contributed by atoms with Crippen molar-refractivity contribution in [3.63, 3.8) is 0 Å². The molecule has 0 unspecified atom stereocenters. The molecular weight excluding hydrogens is 502 g/mol. The average Bonchev–Trinajstić information content (AvgIpc) is 3.57. The van der Waals surface area contributed by atoms with Gasteiger partial charge in [0.1, 0.15) is 11.3 Å². The summed E-state index contributed by atoms with van der Waals surface area (Å²) in [6, 6.07) is 6.00. The van der Waals surface area contributed by atoms with Crippen LogP contribution in [0, 0.1) is 6.92 Å². The molecule has 10 nitrogen and oxygen atoms in total. The van der Waals surface area contributed by atoms with Gasteiger partial charge in [-0.05, 0) is 44.4 Å². The van der Waals surface area contributed by atoms with Crippen molar-refractivity contribution in [2.24, 2.45) is 7.05 Å². The van der Waals surface area contributed by atoms with Crippen LogP contribution >= 0.6 is 0 Å². The van der Waals surface area contributed by atoms with E-state index in [1.165, 1.54) is 19.3 Å². The highest BCUT2D eigenvalue weighted by atomic mass is 16.5. The summed E-state index contributed by atoms with van der Waals surface area (Å²) in [5.74, 6) is 2.69. The van der Waals surface area contributed by atoms with Crippen LogP contribution in [-0.2, 0) is 7.05 Å². The molecular formula is C30H37N9O. The Balaban J connectivity index is 1.50. The quantitative estimate of drug-likeness (QED) is 0.341. The first kappa shape index (κ1) is 26.2. The van der Waals surface area contributed by atoms with Crippen molar-refractivity contribution in [1.82, 2.24) is 39.6 Å². The Labute approximate surface area is 234 Å². The van der Waals surface area contributed by atoms with E-state index in [0.717, 1.165) is 88.3 Å². The van der Waals surface area contributed by atoms with Crippen molar-refractivity contribution in [3.8, 4) is 22.8 Å². The predicted octanol–water partition coefficient (Wildman–Crippen LogP) is 4.78. The van der Waals surface area contributed by atoms with E-state index in [1.54, 1.807) is 19.5 Å². The van der Waals surface area contributed by atoms with Crippen molar-refractivity contribution in [2.75, 3.05) is 38.2 Å². The largest absolute Gasteiger partial charge is 0.496 e. The van der Waals surface area contributed by atoms with Gasteiger partial charge in [-0.1, -0.05) is 20.3 Å². The first-order chi connectivity index (χ1) is 19.5. The van der Waals surface area contributed by atoms with Gasteiger partial charge in [-0.15, -0.1) is 0 Å². The summed E-state index contributed by atoms with van der Waals surface area (Å²) < 4.78 is 9.73. The minimum Gasteiger partial charge on any atom is -0.496 e. The van der Waals surface area contributed by atoms with Gasteiger partial charge in [0.15, 0.2) is 5.82 Å². The first-order valence-electron chi connectivity index (χ1n) is 14.1. The number of hydrogen-bond acceptors (Lipinski definition) is 8. The van der Waals surface area contributed by atoms with E-state index >= 15 is 0 Å². The number of fused-ring (bicyclic) bond motifs is 2. The highest BCUT2D eigenvalue weighted by molar-refractivity contribution is 5.88. The summed E-state index contributed by atoms with van der Waals surface area (Å²) in [6.07, 6.45) is 8.99. The van der Waals surface area contributed by atoms with Gasteiger partial charge in [0.25, 0.3) is 0 Å². The first-order valence-corrected chi connectivity index (χ1v) is 14.1. The number of methoxy groups -OCH3 is 1. The van der Waals surface area contributed by atoms with Crippen LogP contribution in [0.5, 0.6) is 5.75 Å². The van der Waals surface area contributed by atoms with Gasteiger partial charge in [0.2, 0.25) is 5.95 Å². The summed E-state index contributed by atoms with van der Waals surface area (Å²) in [6.45, 7) is 10.3. The molecule has 0 bridgehead atoms. The van der Waals surface area contributed by atoms with Crippen molar-refractivity contribution < 1.29 is 4.74 Å². The third-order valence-corrected chi connectivity index (χ3v) is 7.78. The maximum atomic E-state index is 5.59. The molecule has 1 aliphatic heterocycles. The Morgan fingerprint density at radius 1 is 0.975 bits per heavy atom. The second kappa shape index (κ2) is 10.8. The summed E-state index contributed by atoms with van der Waals surface area (Å²) >= 11 is 0. The third-order valence-electron chi connectivity index (χ3n) is 7.78. The fourth-order valence-corrected chi connectivity index (χ4v) is 5.61. The molecule has 40 heavy (non-hydrogen) atoms. The van der Waals surface area contributed by atoms with Crippen LogP contribution in [0.15, 0.2) is 36.8 Å². The molecule has 1 aliphatic rings. The molecule has 1 N–H and O–H groups in total. The molecule has 0 radical (unpaired) electrons. The molecule has 6 rings (SSSR count). The van der Waals surface area contributed by atoms with E-state index in [9.17, 15) is 0 Å². The maximum absolute atomic E-state index is 5.59. The summed E-state index contributed by atoms with van der Waals surface area (Å²) in [4.78, 5) is 21.9. The lowest BCUT2D eigenvalue weighted by Crippen LogP contribution is -2.33. The Bertz CT molecular complexity index is 1660. The molecule has 5 aromatic heterocycles. The predicted molar refractivity (Wildman–Crippen MR) is 158 cm³/mol.